The number of rotatable bonds is 8. The van der Waals surface area contributed by atoms with Gasteiger partial charge in [-0.15, -0.1) is 0 Å². The average molecular weight is 558 g/mol. The first-order valence-electron chi connectivity index (χ1n) is 11.1. The maximum absolute atomic E-state index is 12.4. The van der Waals surface area contributed by atoms with Gasteiger partial charge < -0.3 is 15.0 Å². The lowest BCUT2D eigenvalue weighted by Gasteiger charge is -2.09. The van der Waals surface area contributed by atoms with Crippen LogP contribution in [0, 0.1) is 0 Å². The third-order valence-corrected chi connectivity index (χ3v) is 9.11. The molecule has 0 atom stereocenters. The third-order valence-electron chi connectivity index (χ3n) is 5.51. The zero-order valence-corrected chi connectivity index (χ0v) is 22.1. The lowest BCUT2D eigenvalue weighted by molar-refractivity contribution is 0.209. The van der Waals surface area contributed by atoms with Gasteiger partial charge >= 0.3 is 6.09 Å². The second kappa shape index (κ2) is 10.3. The molecule has 198 valence electrons. The Bertz CT molecular complexity index is 1700. The maximum atomic E-state index is 12.4. The van der Waals surface area contributed by atoms with Crippen molar-refractivity contribution in [1.82, 2.24) is 19.8 Å². The van der Waals surface area contributed by atoms with Crippen LogP contribution in [0.25, 0.3) is 34.0 Å². The predicted octanol–water partition coefficient (Wildman–Crippen LogP) is 3.01. The van der Waals surface area contributed by atoms with E-state index in [-0.39, 0.29) is 27.1 Å². The summed E-state index contributed by atoms with van der Waals surface area (Å²) >= 11 is 0. The second-order valence-corrected chi connectivity index (χ2v) is 12.6. The fourth-order valence-corrected chi connectivity index (χ4v) is 5.17. The molecule has 0 radical (unpaired) electrons. The van der Waals surface area contributed by atoms with Gasteiger partial charge in [0.1, 0.15) is 5.69 Å². The largest absolute Gasteiger partial charge is 0.411 e. The molecule has 0 aliphatic heterocycles. The highest BCUT2D eigenvalue weighted by Crippen LogP contribution is 2.32. The monoisotopic (exact) mass is 557 g/mol. The zero-order chi connectivity index (χ0) is 27.7. The number of nitrogens with two attached hydrogens (primary N) is 1. The molecule has 0 aliphatic rings. The molecular weight excluding hydrogens is 534 g/mol. The van der Waals surface area contributed by atoms with Crippen molar-refractivity contribution in [1.29, 1.82) is 0 Å². The number of benzene rings is 2. The van der Waals surface area contributed by atoms with Crippen molar-refractivity contribution in [3.8, 4) is 39.8 Å². The van der Waals surface area contributed by atoms with Crippen LogP contribution in [0.4, 0.5) is 4.79 Å². The van der Waals surface area contributed by atoms with Crippen molar-refractivity contribution in [2.75, 3.05) is 7.05 Å². The van der Waals surface area contributed by atoms with Crippen LogP contribution in [0.3, 0.4) is 0 Å². The van der Waals surface area contributed by atoms with E-state index in [0.29, 0.717) is 22.5 Å². The second-order valence-electron chi connectivity index (χ2n) is 8.26. The Labute approximate surface area is 218 Å². The van der Waals surface area contributed by atoms with Gasteiger partial charge in [-0.25, -0.2) is 36.3 Å². The minimum Gasteiger partial charge on any atom is -0.389 e. The maximum Gasteiger partial charge on any atom is 0.411 e. The smallest absolute Gasteiger partial charge is 0.389 e. The number of primary amides is 1. The normalized spacial score (nSPS) is 12.0. The van der Waals surface area contributed by atoms with Gasteiger partial charge in [-0.2, -0.15) is 0 Å². The average Bonchev–Trinajstić information content (AvgIpc) is 3.39. The number of sulfonamides is 1. The number of nitrogens with zero attached hydrogens (tertiary/aromatic N) is 3. The quantitative estimate of drug-likeness (QED) is 0.326. The lowest BCUT2D eigenvalue weighted by atomic mass is 10.1. The predicted molar refractivity (Wildman–Crippen MR) is 137 cm³/mol. The van der Waals surface area contributed by atoms with Gasteiger partial charge in [-0.3, -0.25) is 0 Å². The highest BCUT2D eigenvalue weighted by Gasteiger charge is 2.22. The number of ether oxygens (including phenoxy) is 1. The van der Waals surface area contributed by atoms with Gasteiger partial charge in [-0.05, 0) is 45.2 Å². The minimum absolute atomic E-state index is 0.0216. The van der Waals surface area contributed by atoms with Gasteiger partial charge in [0.25, 0.3) is 5.88 Å². The van der Waals surface area contributed by atoms with Crippen molar-refractivity contribution < 1.29 is 30.9 Å². The molecule has 4 rings (SSSR count). The molecule has 0 fully saturated rings. The topological polar surface area (TPSA) is 184 Å². The molecule has 0 unspecified atom stereocenters. The Morgan fingerprint density at radius 2 is 1.53 bits per heavy atom. The van der Waals surface area contributed by atoms with E-state index in [4.69, 9.17) is 15.0 Å². The Morgan fingerprint density at radius 1 is 0.947 bits per heavy atom. The summed E-state index contributed by atoms with van der Waals surface area (Å²) in [6, 6.07) is 13.6. The molecule has 3 N–H and O–H groups in total. The third kappa shape index (κ3) is 5.41. The number of aromatic nitrogens is 3. The van der Waals surface area contributed by atoms with Crippen molar-refractivity contribution in [3.05, 3.63) is 60.8 Å². The van der Waals surface area contributed by atoms with Gasteiger partial charge in [0.05, 0.1) is 26.9 Å². The summed E-state index contributed by atoms with van der Waals surface area (Å²) in [5.74, 6) is -0.130. The summed E-state index contributed by atoms with van der Waals surface area (Å²) in [4.78, 5) is 20.3. The molecule has 2 aromatic carbocycles. The summed E-state index contributed by atoms with van der Waals surface area (Å²) in [6.07, 6.45) is 0.226. The van der Waals surface area contributed by atoms with Gasteiger partial charge in [0, 0.05) is 17.2 Å². The number of carbonyl (C=O) groups is 1. The summed E-state index contributed by atoms with van der Waals surface area (Å²) in [7, 11) is -5.74. The number of amides is 1. The van der Waals surface area contributed by atoms with Crippen LogP contribution in [-0.2, 0) is 19.9 Å². The molecular formula is C24H23N5O7S2. The SMILES string of the molecule is CNS(=O)(=O)c1ccc(-c2cc(-c3nc(-c4ccc(S(=O)(=O)C(C)C)cc4)cnc3OC(N)=O)on2)cc1. The molecule has 0 saturated carbocycles. The molecule has 2 aromatic heterocycles. The van der Waals surface area contributed by atoms with E-state index < -0.39 is 31.2 Å². The van der Waals surface area contributed by atoms with Crippen LogP contribution in [0.15, 0.2) is 75.1 Å². The number of hydrogen-bond donors (Lipinski definition) is 2. The summed E-state index contributed by atoms with van der Waals surface area (Å²) in [5, 5.41) is 3.43. The van der Waals surface area contributed by atoms with Gasteiger partial charge in [0.2, 0.25) is 10.0 Å². The Hall–Kier alpha value is -4.14. The standard InChI is InChI=1S/C24H23N5O7S2/c1-14(2)37(31,32)17-8-4-16(5-9-17)20-13-27-23(35-24(25)30)22(28-20)21-12-19(29-36-21)15-6-10-18(11-7-15)38(33,34)26-3/h4-14,26H,1-3H3,(H2,25,30). The number of nitrogens with one attached hydrogen (secondary N) is 1. The molecule has 38 heavy (non-hydrogen) atoms. The zero-order valence-electron chi connectivity index (χ0n) is 20.4. The fraction of sp³-hybridized carbons (Fsp3) is 0.167. The fourth-order valence-electron chi connectivity index (χ4n) is 3.38. The molecule has 0 aliphatic carbocycles. The minimum atomic E-state index is -3.60. The van der Waals surface area contributed by atoms with Crippen LogP contribution in [0.5, 0.6) is 5.88 Å². The Morgan fingerprint density at radius 3 is 2.08 bits per heavy atom. The van der Waals surface area contributed by atoms with Crippen LogP contribution in [0.2, 0.25) is 0 Å². The van der Waals surface area contributed by atoms with Crippen LogP contribution >= 0.6 is 0 Å². The van der Waals surface area contributed by atoms with Crippen molar-refractivity contribution >= 4 is 26.0 Å². The van der Waals surface area contributed by atoms with E-state index in [1.165, 1.54) is 43.6 Å². The van der Waals surface area contributed by atoms with Crippen molar-refractivity contribution in [3.63, 3.8) is 0 Å². The van der Waals surface area contributed by atoms with E-state index in [1.54, 1.807) is 38.1 Å². The molecule has 1 amide bonds. The van der Waals surface area contributed by atoms with Crippen LogP contribution in [0.1, 0.15) is 13.8 Å². The van der Waals surface area contributed by atoms with E-state index in [0.717, 1.165) is 0 Å². The molecule has 2 heterocycles. The first kappa shape index (κ1) is 26.9. The van der Waals surface area contributed by atoms with Gasteiger partial charge in [-0.1, -0.05) is 29.4 Å². The number of sulfone groups is 1. The molecule has 0 spiro atoms. The van der Waals surface area contributed by atoms with Crippen LogP contribution < -0.4 is 15.2 Å². The van der Waals surface area contributed by atoms with Crippen LogP contribution in [-0.4, -0.2) is 50.4 Å². The number of hydrogen-bond acceptors (Lipinski definition) is 10. The summed E-state index contributed by atoms with van der Waals surface area (Å²) in [5.41, 5.74) is 6.99. The van der Waals surface area contributed by atoms with Gasteiger partial charge in [0.15, 0.2) is 21.3 Å². The number of carbonyl (C=O) groups excluding carboxylic acids is 1. The van der Waals surface area contributed by atoms with Crippen molar-refractivity contribution in [2.24, 2.45) is 5.73 Å². The Kier molecular flexibility index (Phi) is 7.31. The molecule has 4 aromatic rings. The molecule has 0 bridgehead atoms. The highest BCUT2D eigenvalue weighted by molar-refractivity contribution is 7.92. The first-order valence-corrected chi connectivity index (χ1v) is 14.1. The lowest BCUT2D eigenvalue weighted by Crippen LogP contribution is -2.18. The first-order chi connectivity index (χ1) is 17.9. The molecule has 0 saturated heterocycles. The summed E-state index contributed by atoms with van der Waals surface area (Å²) in [6.45, 7) is 3.20. The van der Waals surface area contributed by atoms with E-state index in [2.05, 4.69) is 19.8 Å². The van der Waals surface area contributed by atoms with E-state index in [9.17, 15) is 21.6 Å². The molecule has 12 nitrogen and oxygen atoms in total. The van der Waals surface area contributed by atoms with Crippen molar-refractivity contribution in [2.45, 2.75) is 28.9 Å². The highest BCUT2D eigenvalue weighted by atomic mass is 32.2. The molecule has 14 heteroatoms. The van der Waals surface area contributed by atoms with E-state index >= 15 is 0 Å². The summed E-state index contributed by atoms with van der Waals surface area (Å²) < 4.78 is 61.4. The Balaban J connectivity index is 1.72. The van der Waals surface area contributed by atoms with E-state index in [1.807, 2.05) is 0 Å².